The molecule has 0 aliphatic carbocycles. The summed E-state index contributed by atoms with van der Waals surface area (Å²) in [4.78, 5) is 35.0. The fourth-order valence-electron chi connectivity index (χ4n) is 1.47. The van der Waals surface area contributed by atoms with Crippen LogP contribution in [0.15, 0.2) is 0 Å². The van der Waals surface area contributed by atoms with E-state index < -0.39 is 17.6 Å². The van der Waals surface area contributed by atoms with Gasteiger partial charge in [0.2, 0.25) is 11.8 Å². The minimum atomic E-state index is -0.643. The predicted octanol–water partition coefficient (Wildman–Crippen LogP) is 1.53. The van der Waals surface area contributed by atoms with Gasteiger partial charge in [-0.1, -0.05) is 0 Å². The lowest BCUT2D eigenvalue weighted by Gasteiger charge is -2.23. The summed E-state index contributed by atoms with van der Waals surface area (Å²) in [7, 11) is 0. The lowest BCUT2D eigenvalue weighted by Crippen LogP contribution is -2.50. The molecule has 0 aromatic heterocycles. The van der Waals surface area contributed by atoms with Crippen LogP contribution in [0, 0.1) is 0 Å². The standard InChI is InChI=1S/C15H28N2O4/c1-10(13(20)17-14(2,3)4)16-11(18)8-9-12(19)21-15(5,6)7/h10H,8-9H2,1-7H3,(H,16,18)(H,17,20). The Balaban J connectivity index is 4.15. The van der Waals surface area contributed by atoms with Gasteiger partial charge in [-0.05, 0) is 48.5 Å². The van der Waals surface area contributed by atoms with E-state index in [0.717, 1.165) is 0 Å². The number of ether oxygens (including phenoxy) is 1. The fraction of sp³-hybridized carbons (Fsp3) is 0.800. The van der Waals surface area contributed by atoms with Gasteiger partial charge in [-0.15, -0.1) is 0 Å². The monoisotopic (exact) mass is 300 g/mol. The van der Waals surface area contributed by atoms with Gasteiger partial charge >= 0.3 is 5.97 Å². The Morgan fingerprint density at radius 2 is 1.52 bits per heavy atom. The van der Waals surface area contributed by atoms with E-state index in [1.54, 1.807) is 27.7 Å². The van der Waals surface area contributed by atoms with E-state index in [0.29, 0.717) is 0 Å². The molecule has 0 aliphatic rings. The Kier molecular flexibility index (Phi) is 6.86. The van der Waals surface area contributed by atoms with Gasteiger partial charge in [-0.25, -0.2) is 0 Å². The summed E-state index contributed by atoms with van der Waals surface area (Å²) in [6.07, 6.45) is -0.00123. The molecule has 6 heteroatoms. The minimum absolute atomic E-state index is 0.00203. The summed E-state index contributed by atoms with van der Waals surface area (Å²) >= 11 is 0. The summed E-state index contributed by atoms with van der Waals surface area (Å²) in [6.45, 7) is 12.5. The van der Waals surface area contributed by atoms with Gasteiger partial charge in [-0.3, -0.25) is 14.4 Å². The number of hydrogen-bond donors (Lipinski definition) is 2. The molecular formula is C15H28N2O4. The topological polar surface area (TPSA) is 84.5 Å². The molecule has 0 saturated carbocycles. The highest BCUT2D eigenvalue weighted by atomic mass is 16.6. The van der Waals surface area contributed by atoms with E-state index in [1.165, 1.54) is 0 Å². The molecule has 0 heterocycles. The molecule has 21 heavy (non-hydrogen) atoms. The van der Waals surface area contributed by atoms with Gasteiger partial charge in [0, 0.05) is 12.0 Å². The van der Waals surface area contributed by atoms with Crippen molar-refractivity contribution in [2.75, 3.05) is 0 Å². The van der Waals surface area contributed by atoms with Crippen molar-refractivity contribution in [3.63, 3.8) is 0 Å². The van der Waals surface area contributed by atoms with Gasteiger partial charge in [0.15, 0.2) is 0 Å². The highest BCUT2D eigenvalue weighted by Gasteiger charge is 2.21. The quantitative estimate of drug-likeness (QED) is 0.754. The third-order valence-corrected chi connectivity index (χ3v) is 2.25. The van der Waals surface area contributed by atoms with E-state index >= 15 is 0 Å². The third kappa shape index (κ3) is 10.8. The maximum Gasteiger partial charge on any atom is 0.306 e. The van der Waals surface area contributed by atoms with E-state index in [2.05, 4.69) is 10.6 Å². The molecule has 0 saturated heterocycles. The summed E-state index contributed by atoms with van der Waals surface area (Å²) in [5.41, 5.74) is -0.917. The average Bonchev–Trinajstić information content (AvgIpc) is 2.21. The molecular weight excluding hydrogens is 272 g/mol. The van der Waals surface area contributed by atoms with E-state index in [9.17, 15) is 14.4 Å². The smallest absolute Gasteiger partial charge is 0.306 e. The second-order valence-corrected chi connectivity index (χ2v) is 7.11. The molecule has 122 valence electrons. The van der Waals surface area contributed by atoms with Crippen LogP contribution in [0.2, 0.25) is 0 Å². The molecule has 0 aromatic carbocycles. The molecule has 0 rings (SSSR count). The molecule has 1 unspecified atom stereocenters. The first-order valence-electron chi connectivity index (χ1n) is 7.13. The van der Waals surface area contributed by atoms with Crippen molar-refractivity contribution >= 4 is 17.8 Å². The molecule has 6 nitrogen and oxygen atoms in total. The summed E-state index contributed by atoms with van der Waals surface area (Å²) in [5, 5.41) is 5.34. The molecule has 2 amide bonds. The van der Waals surface area contributed by atoms with Gasteiger partial charge in [0.1, 0.15) is 11.6 Å². The maximum atomic E-state index is 11.8. The summed E-state index contributed by atoms with van der Waals surface area (Å²) < 4.78 is 5.11. The highest BCUT2D eigenvalue weighted by Crippen LogP contribution is 2.09. The Morgan fingerprint density at radius 3 is 1.95 bits per heavy atom. The molecule has 2 N–H and O–H groups in total. The van der Waals surface area contributed by atoms with Crippen LogP contribution in [0.1, 0.15) is 61.3 Å². The largest absolute Gasteiger partial charge is 0.460 e. The zero-order chi connectivity index (χ0) is 16.8. The predicted molar refractivity (Wildman–Crippen MR) is 80.6 cm³/mol. The van der Waals surface area contributed by atoms with Crippen LogP contribution in [-0.4, -0.2) is 35.0 Å². The van der Waals surface area contributed by atoms with Crippen LogP contribution in [0.3, 0.4) is 0 Å². The molecule has 0 radical (unpaired) electrons. The van der Waals surface area contributed by atoms with Crippen LogP contribution >= 0.6 is 0 Å². The number of hydrogen-bond acceptors (Lipinski definition) is 4. The Hall–Kier alpha value is -1.59. The van der Waals surface area contributed by atoms with Gasteiger partial charge < -0.3 is 15.4 Å². The molecule has 0 fully saturated rings. The number of amides is 2. The Morgan fingerprint density at radius 1 is 1.00 bits per heavy atom. The first kappa shape index (κ1) is 19.4. The number of nitrogens with one attached hydrogen (secondary N) is 2. The van der Waals surface area contributed by atoms with Crippen molar-refractivity contribution in [2.45, 2.75) is 78.5 Å². The summed E-state index contributed by atoms with van der Waals surface area (Å²) in [6, 6.07) is -0.643. The van der Waals surface area contributed by atoms with Gasteiger partial charge in [0.25, 0.3) is 0 Å². The van der Waals surface area contributed by atoms with Crippen LogP contribution in [-0.2, 0) is 19.1 Å². The third-order valence-electron chi connectivity index (χ3n) is 2.25. The van der Waals surface area contributed by atoms with E-state index in [1.807, 2.05) is 20.8 Å². The SMILES string of the molecule is CC(NC(=O)CCC(=O)OC(C)(C)C)C(=O)NC(C)(C)C. The van der Waals surface area contributed by atoms with E-state index in [4.69, 9.17) is 4.74 Å². The van der Waals surface area contributed by atoms with Crippen LogP contribution < -0.4 is 10.6 Å². The molecule has 0 aromatic rings. The van der Waals surface area contributed by atoms with Crippen molar-refractivity contribution in [3.8, 4) is 0 Å². The summed E-state index contributed by atoms with van der Waals surface area (Å²) in [5.74, 6) is -1.03. The highest BCUT2D eigenvalue weighted by molar-refractivity contribution is 5.88. The van der Waals surface area contributed by atoms with Gasteiger partial charge in [0.05, 0.1) is 6.42 Å². The van der Waals surface area contributed by atoms with Crippen LogP contribution in [0.25, 0.3) is 0 Å². The Labute approximate surface area is 127 Å². The fourth-order valence-corrected chi connectivity index (χ4v) is 1.47. The van der Waals surface area contributed by atoms with Crippen LogP contribution in [0.4, 0.5) is 0 Å². The molecule has 0 aliphatic heterocycles. The van der Waals surface area contributed by atoms with Crippen molar-refractivity contribution in [2.24, 2.45) is 0 Å². The first-order chi connectivity index (χ1) is 9.30. The first-order valence-corrected chi connectivity index (χ1v) is 7.13. The Bertz CT molecular complexity index is 391. The second kappa shape index (κ2) is 7.43. The number of carbonyl (C=O) groups excluding carboxylic acids is 3. The normalized spacial score (nSPS) is 13.3. The minimum Gasteiger partial charge on any atom is -0.460 e. The second-order valence-electron chi connectivity index (χ2n) is 7.11. The zero-order valence-electron chi connectivity index (χ0n) is 14.1. The van der Waals surface area contributed by atoms with E-state index in [-0.39, 0.29) is 30.2 Å². The number of rotatable bonds is 5. The van der Waals surface area contributed by atoms with Gasteiger partial charge in [-0.2, -0.15) is 0 Å². The van der Waals surface area contributed by atoms with Crippen molar-refractivity contribution in [3.05, 3.63) is 0 Å². The molecule has 0 bridgehead atoms. The average molecular weight is 300 g/mol. The number of carbonyl (C=O) groups is 3. The van der Waals surface area contributed by atoms with Crippen molar-refractivity contribution in [1.82, 2.24) is 10.6 Å². The van der Waals surface area contributed by atoms with Crippen LogP contribution in [0.5, 0.6) is 0 Å². The van der Waals surface area contributed by atoms with Crippen molar-refractivity contribution < 1.29 is 19.1 Å². The lowest BCUT2D eigenvalue weighted by atomic mass is 10.1. The number of esters is 1. The maximum absolute atomic E-state index is 11.8. The molecule has 0 spiro atoms. The lowest BCUT2D eigenvalue weighted by molar-refractivity contribution is -0.155. The van der Waals surface area contributed by atoms with Crippen molar-refractivity contribution in [1.29, 1.82) is 0 Å². The molecule has 1 atom stereocenters. The zero-order valence-corrected chi connectivity index (χ0v) is 14.1.